The molecule has 0 saturated carbocycles. The lowest BCUT2D eigenvalue weighted by Gasteiger charge is -2.18. The average Bonchev–Trinajstić information content (AvgIpc) is 2.72. The maximum absolute atomic E-state index is 12.3. The molecule has 18 heavy (non-hydrogen) atoms. The van der Waals surface area contributed by atoms with Crippen molar-refractivity contribution in [2.24, 2.45) is 0 Å². The number of anilines is 1. The largest absolute Gasteiger partial charge is 0.311 e. The minimum absolute atomic E-state index is 0.0498. The number of rotatable bonds is 2. The Hall–Kier alpha value is -2.10. The highest BCUT2D eigenvalue weighted by atomic mass is 16.2. The Kier molecular flexibility index (Phi) is 3.19. The molecular formula is C14H17N3O. The molecule has 0 atom stereocenters. The molecule has 94 valence electrons. The van der Waals surface area contributed by atoms with E-state index in [9.17, 15) is 4.79 Å². The van der Waals surface area contributed by atoms with Crippen LogP contribution in [0.2, 0.25) is 0 Å². The first kappa shape index (κ1) is 12.4. The van der Waals surface area contributed by atoms with E-state index in [4.69, 9.17) is 0 Å². The third-order valence-corrected chi connectivity index (χ3v) is 2.96. The monoisotopic (exact) mass is 243 g/mol. The normalized spacial score (nSPS) is 10.4. The van der Waals surface area contributed by atoms with E-state index in [1.807, 2.05) is 32.9 Å². The standard InChI is InChI=1S/C14H17N3O/c1-9-5-10(2)7-12(6-9)17(4)14(18)13-8-15-16-11(13)3/h5-8H,1-4H3,(H,15,16). The Morgan fingerprint density at radius 1 is 1.17 bits per heavy atom. The van der Waals surface area contributed by atoms with Crippen LogP contribution >= 0.6 is 0 Å². The molecule has 1 N–H and O–H groups in total. The first-order valence-corrected chi connectivity index (χ1v) is 5.85. The van der Waals surface area contributed by atoms with Crippen LogP contribution in [-0.4, -0.2) is 23.2 Å². The fraction of sp³-hybridized carbons (Fsp3) is 0.286. The zero-order valence-corrected chi connectivity index (χ0v) is 11.1. The van der Waals surface area contributed by atoms with E-state index in [1.165, 1.54) is 0 Å². The molecule has 4 nitrogen and oxygen atoms in total. The maximum Gasteiger partial charge on any atom is 0.261 e. The molecule has 0 bridgehead atoms. The summed E-state index contributed by atoms with van der Waals surface area (Å²) in [6.45, 7) is 5.89. The molecule has 0 aliphatic heterocycles. The van der Waals surface area contributed by atoms with E-state index in [1.54, 1.807) is 18.1 Å². The van der Waals surface area contributed by atoms with Crippen molar-refractivity contribution in [2.45, 2.75) is 20.8 Å². The van der Waals surface area contributed by atoms with Gasteiger partial charge in [0.2, 0.25) is 0 Å². The number of aromatic nitrogens is 2. The zero-order chi connectivity index (χ0) is 13.3. The molecule has 0 radical (unpaired) electrons. The predicted octanol–water partition coefficient (Wildman–Crippen LogP) is 2.61. The van der Waals surface area contributed by atoms with Crippen LogP contribution in [0.4, 0.5) is 5.69 Å². The minimum Gasteiger partial charge on any atom is -0.311 e. The predicted molar refractivity (Wildman–Crippen MR) is 72.0 cm³/mol. The number of amides is 1. The van der Waals surface area contributed by atoms with Crippen LogP contribution in [0.5, 0.6) is 0 Å². The van der Waals surface area contributed by atoms with Gasteiger partial charge in [0.25, 0.3) is 5.91 Å². The Balaban J connectivity index is 2.34. The van der Waals surface area contributed by atoms with E-state index >= 15 is 0 Å². The van der Waals surface area contributed by atoms with Crippen LogP contribution in [0.3, 0.4) is 0 Å². The van der Waals surface area contributed by atoms with Crippen molar-refractivity contribution in [3.8, 4) is 0 Å². The Morgan fingerprint density at radius 2 is 1.78 bits per heavy atom. The van der Waals surface area contributed by atoms with Gasteiger partial charge in [-0.15, -0.1) is 0 Å². The molecular weight excluding hydrogens is 226 g/mol. The van der Waals surface area contributed by atoms with Crippen molar-refractivity contribution in [1.82, 2.24) is 10.2 Å². The van der Waals surface area contributed by atoms with E-state index in [-0.39, 0.29) is 5.91 Å². The number of nitrogens with zero attached hydrogens (tertiary/aromatic N) is 2. The summed E-state index contributed by atoms with van der Waals surface area (Å²) in [5.41, 5.74) is 4.59. The zero-order valence-electron chi connectivity index (χ0n) is 11.1. The van der Waals surface area contributed by atoms with Gasteiger partial charge in [0.15, 0.2) is 0 Å². The van der Waals surface area contributed by atoms with Crippen LogP contribution in [-0.2, 0) is 0 Å². The summed E-state index contributed by atoms with van der Waals surface area (Å²) in [5, 5.41) is 6.66. The summed E-state index contributed by atoms with van der Waals surface area (Å²) in [7, 11) is 1.78. The number of carbonyl (C=O) groups is 1. The SMILES string of the molecule is Cc1cc(C)cc(N(C)C(=O)c2cn[nH]c2C)c1. The first-order valence-electron chi connectivity index (χ1n) is 5.85. The smallest absolute Gasteiger partial charge is 0.261 e. The summed E-state index contributed by atoms with van der Waals surface area (Å²) in [6, 6.07) is 6.09. The van der Waals surface area contributed by atoms with Gasteiger partial charge in [-0.3, -0.25) is 9.89 Å². The molecule has 0 unspecified atom stereocenters. The van der Waals surface area contributed by atoms with Gasteiger partial charge < -0.3 is 4.90 Å². The highest BCUT2D eigenvalue weighted by molar-refractivity contribution is 6.06. The quantitative estimate of drug-likeness (QED) is 0.881. The van der Waals surface area contributed by atoms with Crippen molar-refractivity contribution in [3.63, 3.8) is 0 Å². The second kappa shape index (κ2) is 4.64. The molecule has 1 aromatic carbocycles. The molecule has 1 heterocycles. The number of nitrogens with one attached hydrogen (secondary N) is 1. The number of aryl methyl sites for hydroxylation is 3. The van der Waals surface area contributed by atoms with Gasteiger partial charge in [0, 0.05) is 18.4 Å². The molecule has 1 aromatic heterocycles. The molecule has 2 aromatic rings. The molecule has 2 rings (SSSR count). The number of H-pyrrole nitrogens is 1. The molecule has 0 spiro atoms. The maximum atomic E-state index is 12.3. The summed E-state index contributed by atoms with van der Waals surface area (Å²) in [6.07, 6.45) is 1.57. The topological polar surface area (TPSA) is 49.0 Å². The summed E-state index contributed by atoms with van der Waals surface area (Å²) < 4.78 is 0. The van der Waals surface area contributed by atoms with Gasteiger partial charge in [-0.25, -0.2) is 0 Å². The molecule has 0 aliphatic rings. The van der Waals surface area contributed by atoms with Gasteiger partial charge in [0.05, 0.1) is 11.8 Å². The van der Waals surface area contributed by atoms with Gasteiger partial charge >= 0.3 is 0 Å². The van der Waals surface area contributed by atoms with E-state index < -0.39 is 0 Å². The number of hydrogen-bond acceptors (Lipinski definition) is 2. The minimum atomic E-state index is -0.0498. The van der Waals surface area contributed by atoms with Crippen LogP contribution in [0.1, 0.15) is 27.2 Å². The summed E-state index contributed by atoms with van der Waals surface area (Å²) in [5.74, 6) is -0.0498. The van der Waals surface area contributed by atoms with Crippen molar-refractivity contribution >= 4 is 11.6 Å². The fourth-order valence-electron chi connectivity index (χ4n) is 2.01. The molecule has 1 amide bonds. The lowest BCUT2D eigenvalue weighted by Crippen LogP contribution is -2.26. The fourth-order valence-corrected chi connectivity index (χ4v) is 2.01. The molecule has 0 aliphatic carbocycles. The number of hydrogen-bond donors (Lipinski definition) is 1. The second-order valence-corrected chi connectivity index (χ2v) is 4.62. The van der Waals surface area contributed by atoms with Crippen molar-refractivity contribution < 1.29 is 4.79 Å². The Labute approximate surface area is 107 Å². The molecule has 0 fully saturated rings. The van der Waals surface area contributed by atoms with Crippen molar-refractivity contribution in [1.29, 1.82) is 0 Å². The van der Waals surface area contributed by atoms with Crippen LogP contribution in [0, 0.1) is 20.8 Å². The Bertz CT molecular complexity index is 566. The number of carbonyl (C=O) groups excluding carboxylic acids is 1. The number of aromatic amines is 1. The Morgan fingerprint density at radius 3 is 2.28 bits per heavy atom. The highest BCUT2D eigenvalue weighted by Gasteiger charge is 2.17. The summed E-state index contributed by atoms with van der Waals surface area (Å²) in [4.78, 5) is 14.0. The van der Waals surface area contributed by atoms with Gasteiger partial charge in [-0.05, 0) is 44.0 Å². The van der Waals surface area contributed by atoms with Crippen LogP contribution in [0.25, 0.3) is 0 Å². The van der Waals surface area contributed by atoms with Gasteiger partial charge in [0.1, 0.15) is 0 Å². The third-order valence-electron chi connectivity index (χ3n) is 2.96. The van der Waals surface area contributed by atoms with Crippen LogP contribution in [0.15, 0.2) is 24.4 Å². The second-order valence-electron chi connectivity index (χ2n) is 4.62. The van der Waals surface area contributed by atoms with E-state index in [0.717, 1.165) is 22.5 Å². The lowest BCUT2D eigenvalue weighted by atomic mass is 10.1. The third kappa shape index (κ3) is 2.27. The highest BCUT2D eigenvalue weighted by Crippen LogP contribution is 2.20. The molecule has 4 heteroatoms. The number of benzene rings is 1. The molecule has 0 saturated heterocycles. The van der Waals surface area contributed by atoms with E-state index in [0.29, 0.717) is 5.56 Å². The first-order chi connectivity index (χ1) is 8.49. The lowest BCUT2D eigenvalue weighted by molar-refractivity contribution is 0.0992. The van der Waals surface area contributed by atoms with Crippen LogP contribution < -0.4 is 4.90 Å². The average molecular weight is 243 g/mol. The van der Waals surface area contributed by atoms with Crippen molar-refractivity contribution in [2.75, 3.05) is 11.9 Å². The van der Waals surface area contributed by atoms with Gasteiger partial charge in [-0.2, -0.15) is 5.10 Å². The van der Waals surface area contributed by atoms with E-state index in [2.05, 4.69) is 16.3 Å². The summed E-state index contributed by atoms with van der Waals surface area (Å²) >= 11 is 0. The van der Waals surface area contributed by atoms with Crippen molar-refractivity contribution in [3.05, 3.63) is 46.8 Å². The van der Waals surface area contributed by atoms with Gasteiger partial charge in [-0.1, -0.05) is 6.07 Å².